The van der Waals surface area contributed by atoms with E-state index in [4.69, 9.17) is 5.73 Å². The Labute approximate surface area is 82.3 Å². The molecule has 1 rings (SSSR count). The molecule has 1 aromatic heterocycles. The van der Waals surface area contributed by atoms with E-state index >= 15 is 0 Å². The second-order valence-corrected chi connectivity index (χ2v) is 3.30. The van der Waals surface area contributed by atoms with Crippen molar-refractivity contribution in [3.8, 4) is 0 Å². The minimum atomic E-state index is -0.468. The van der Waals surface area contributed by atoms with Crippen molar-refractivity contribution in [1.82, 2.24) is 4.98 Å². The third-order valence-corrected chi connectivity index (χ3v) is 2.82. The van der Waals surface area contributed by atoms with Gasteiger partial charge in [-0.3, -0.25) is 10.1 Å². The molecule has 1 heterocycles. The average Bonchev–Trinajstić information content (AvgIpc) is 2.00. The lowest BCUT2D eigenvalue weighted by Gasteiger charge is -2.01. The fourth-order valence-electron chi connectivity index (χ4n) is 0.773. The van der Waals surface area contributed by atoms with Gasteiger partial charge in [-0.25, -0.2) is 4.98 Å². The van der Waals surface area contributed by atoms with Crippen LogP contribution >= 0.6 is 22.6 Å². The first-order chi connectivity index (χ1) is 5.54. The summed E-state index contributed by atoms with van der Waals surface area (Å²) in [6.07, 6.45) is 1.17. The largest absolute Gasteiger partial charge is 0.383 e. The smallest absolute Gasteiger partial charge is 0.291 e. The average molecular weight is 279 g/mol. The Morgan fingerprint density at radius 3 is 2.83 bits per heavy atom. The number of anilines is 1. The highest BCUT2D eigenvalue weighted by Gasteiger charge is 2.14. The minimum absolute atomic E-state index is 0.00796. The summed E-state index contributed by atoms with van der Waals surface area (Å²) in [5.74, 6) is 0.332. The molecular formula is C6H6IN3O2. The van der Waals surface area contributed by atoms with E-state index in [0.29, 0.717) is 15.0 Å². The molecule has 0 spiro atoms. The monoisotopic (exact) mass is 279 g/mol. The Morgan fingerprint density at radius 1 is 1.75 bits per heavy atom. The number of hydrogen-bond donors (Lipinski definition) is 1. The Bertz CT molecular complexity index is 340. The molecular weight excluding hydrogens is 273 g/mol. The summed E-state index contributed by atoms with van der Waals surface area (Å²) >= 11 is 1.94. The first-order valence-corrected chi connectivity index (χ1v) is 4.17. The molecule has 0 saturated heterocycles. The third kappa shape index (κ3) is 1.47. The Kier molecular flexibility index (Phi) is 2.46. The van der Waals surface area contributed by atoms with Crippen molar-refractivity contribution < 1.29 is 4.92 Å². The van der Waals surface area contributed by atoms with E-state index in [1.165, 1.54) is 6.20 Å². The Morgan fingerprint density at radius 2 is 2.33 bits per heavy atom. The van der Waals surface area contributed by atoms with Gasteiger partial charge in [0, 0.05) is 5.56 Å². The Balaban J connectivity index is 3.36. The SMILES string of the molecule is Cc1c([N+](=O)[O-])cnc(N)c1I. The molecule has 0 fully saturated rings. The van der Waals surface area contributed by atoms with E-state index in [1.807, 2.05) is 22.6 Å². The van der Waals surface area contributed by atoms with E-state index in [9.17, 15) is 10.1 Å². The number of aromatic nitrogens is 1. The molecule has 0 amide bonds. The summed E-state index contributed by atoms with van der Waals surface area (Å²) in [4.78, 5) is 13.6. The molecule has 1 aromatic rings. The first-order valence-electron chi connectivity index (χ1n) is 3.09. The molecule has 0 saturated carbocycles. The number of nitro groups is 1. The predicted molar refractivity (Wildman–Crippen MR) is 52.8 cm³/mol. The summed E-state index contributed by atoms with van der Waals surface area (Å²) in [6.45, 7) is 1.65. The maximum atomic E-state index is 10.4. The molecule has 2 N–H and O–H groups in total. The van der Waals surface area contributed by atoms with Crippen LogP contribution in [0.3, 0.4) is 0 Å². The van der Waals surface area contributed by atoms with Crippen LogP contribution in [-0.2, 0) is 0 Å². The highest BCUT2D eigenvalue weighted by atomic mass is 127. The van der Waals surface area contributed by atoms with Gasteiger partial charge in [0.25, 0.3) is 5.69 Å². The molecule has 6 heteroatoms. The summed E-state index contributed by atoms with van der Waals surface area (Å²) in [7, 11) is 0. The molecule has 12 heavy (non-hydrogen) atoms. The van der Waals surface area contributed by atoms with Crippen molar-refractivity contribution in [3.05, 3.63) is 25.4 Å². The zero-order chi connectivity index (χ0) is 9.30. The summed E-state index contributed by atoms with van der Waals surface area (Å²) in [6, 6.07) is 0. The van der Waals surface area contributed by atoms with Crippen molar-refractivity contribution in [2.75, 3.05) is 5.73 Å². The van der Waals surface area contributed by atoms with Gasteiger partial charge in [-0.2, -0.15) is 0 Å². The molecule has 0 bridgehead atoms. The van der Waals surface area contributed by atoms with Gasteiger partial charge in [0.1, 0.15) is 12.0 Å². The fraction of sp³-hybridized carbons (Fsp3) is 0.167. The number of hydrogen-bond acceptors (Lipinski definition) is 4. The summed E-state index contributed by atoms with van der Waals surface area (Å²) < 4.78 is 0.641. The molecule has 0 radical (unpaired) electrons. The van der Waals surface area contributed by atoms with Crippen LogP contribution in [-0.4, -0.2) is 9.91 Å². The zero-order valence-electron chi connectivity index (χ0n) is 6.24. The van der Waals surface area contributed by atoms with Gasteiger partial charge in [-0.1, -0.05) is 0 Å². The standard InChI is InChI=1S/C6H6IN3O2/c1-3-4(10(11)12)2-9-6(8)5(3)7/h2H,1H3,(H2,8,9). The number of nitrogens with zero attached hydrogens (tertiary/aromatic N) is 2. The molecule has 0 aromatic carbocycles. The molecule has 5 nitrogen and oxygen atoms in total. The molecule has 0 atom stereocenters. The highest BCUT2D eigenvalue weighted by Crippen LogP contribution is 2.24. The van der Waals surface area contributed by atoms with Crippen LogP contribution in [0.4, 0.5) is 11.5 Å². The molecule has 0 aliphatic rings. The Hall–Kier alpha value is -0.920. The number of nitrogen functional groups attached to an aromatic ring is 1. The van der Waals surface area contributed by atoms with Gasteiger partial charge in [0.15, 0.2) is 0 Å². The van der Waals surface area contributed by atoms with E-state index in [-0.39, 0.29) is 5.69 Å². The normalized spacial score (nSPS) is 9.83. The molecule has 64 valence electrons. The van der Waals surface area contributed by atoms with Crippen LogP contribution < -0.4 is 5.73 Å². The number of nitrogens with two attached hydrogens (primary N) is 1. The van der Waals surface area contributed by atoms with Crippen LogP contribution in [0.5, 0.6) is 0 Å². The van der Waals surface area contributed by atoms with Gasteiger partial charge in [-0.05, 0) is 29.5 Å². The van der Waals surface area contributed by atoms with Crippen molar-refractivity contribution in [1.29, 1.82) is 0 Å². The topological polar surface area (TPSA) is 82.0 Å². The van der Waals surface area contributed by atoms with E-state index in [1.54, 1.807) is 6.92 Å². The molecule has 0 aliphatic carbocycles. The van der Waals surface area contributed by atoms with Crippen LogP contribution in [0.2, 0.25) is 0 Å². The predicted octanol–water partition coefficient (Wildman–Crippen LogP) is 1.49. The molecule has 0 unspecified atom stereocenters. The fourth-order valence-corrected chi connectivity index (χ4v) is 1.19. The van der Waals surface area contributed by atoms with Crippen LogP contribution in [0, 0.1) is 20.6 Å². The zero-order valence-corrected chi connectivity index (χ0v) is 8.40. The van der Waals surface area contributed by atoms with Gasteiger partial charge in [0.2, 0.25) is 0 Å². The van der Waals surface area contributed by atoms with Crippen LogP contribution in [0.15, 0.2) is 6.20 Å². The first kappa shape index (κ1) is 9.17. The summed E-state index contributed by atoms with van der Waals surface area (Å²) in [5, 5.41) is 10.4. The van der Waals surface area contributed by atoms with E-state index in [0.717, 1.165) is 0 Å². The lowest BCUT2D eigenvalue weighted by Crippen LogP contribution is -2.00. The number of rotatable bonds is 1. The second kappa shape index (κ2) is 3.21. The van der Waals surface area contributed by atoms with E-state index in [2.05, 4.69) is 4.98 Å². The quantitative estimate of drug-likeness (QED) is 0.479. The van der Waals surface area contributed by atoms with Crippen molar-refractivity contribution in [2.24, 2.45) is 0 Å². The number of halogens is 1. The van der Waals surface area contributed by atoms with Gasteiger partial charge in [0.05, 0.1) is 8.49 Å². The second-order valence-electron chi connectivity index (χ2n) is 2.22. The van der Waals surface area contributed by atoms with Crippen molar-refractivity contribution >= 4 is 34.1 Å². The highest BCUT2D eigenvalue weighted by molar-refractivity contribution is 14.1. The third-order valence-electron chi connectivity index (χ3n) is 1.46. The van der Waals surface area contributed by atoms with Crippen molar-refractivity contribution in [3.63, 3.8) is 0 Å². The van der Waals surface area contributed by atoms with Crippen molar-refractivity contribution in [2.45, 2.75) is 6.92 Å². The lowest BCUT2D eigenvalue weighted by molar-refractivity contribution is -0.385. The van der Waals surface area contributed by atoms with E-state index < -0.39 is 4.92 Å². The molecule has 0 aliphatic heterocycles. The number of pyridine rings is 1. The maximum absolute atomic E-state index is 10.4. The van der Waals surface area contributed by atoms with Gasteiger partial charge >= 0.3 is 0 Å². The van der Waals surface area contributed by atoms with Crippen LogP contribution in [0.1, 0.15) is 5.56 Å². The maximum Gasteiger partial charge on any atom is 0.291 e. The van der Waals surface area contributed by atoms with Crippen LogP contribution in [0.25, 0.3) is 0 Å². The minimum Gasteiger partial charge on any atom is -0.383 e. The lowest BCUT2D eigenvalue weighted by atomic mass is 10.2. The summed E-state index contributed by atoms with van der Waals surface area (Å²) in [5.41, 5.74) is 6.02. The van der Waals surface area contributed by atoms with Gasteiger partial charge in [-0.15, -0.1) is 0 Å². The van der Waals surface area contributed by atoms with Gasteiger partial charge < -0.3 is 5.73 Å².